The molecular formula is C11H9ClN2O2. The minimum atomic E-state index is -0.815. The molecule has 1 spiro atoms. The van der Waals surface area contributed by atoms with Crippen molar-refractivity contribution in [2.75, 3.05) is 0 Å². The molecule has 3 rings (SSSR count). The molecule has 2 aliphatic rings. The smallest absolute Gasteiger partial charge is 0.322 e. The molecule has 1 atom stereocenters. The minimum Gasteiger partial charge on any atom is -0.323 e. The molecule has 4 nitrogen and oxygen atoms in total. The zero-order valence-corrected chi connectivity index (χ0v) is 9.10. The van der Waals surface area contributed by atoms with E-state index in [1.54, 1.807) is 6.07 Å². The van der Waals surface area contributed by atoms with Crippen LogP contribution < -0.4 is 10.6 Å². The first-order chi connectivity index (χ1) is 7.61. The monoisotopic (exact) mass is 236 g/mol. The molecule has 16 heavy (non-hydrogen) atoms. The summed E-state index contributed by atoms with van der Waals surface area (Å²) in [6, 6.07) is 5.17. The van der Waals surface area contributed by atoms with E-state index >= 15 is 0 Å². The first-order valence-corrected chi connectivity index (χ1v) is 5.38. The third-order valence-electron chi connectivity index (χ3n) is 3.20. The SMILES string of the molecule is O=C1NC(=O)C2(Cc3cccc(Cl)c3C2)N1. The van der Waals surface area contributed by atoms with E-state index in [-0.39, 0.29) is 5.91 Å². The van der Waals surface area contributed by atoms with E-state index in [0.717, 1.165) is 11.1 Å². The summed E-state index contributed by atoms with van der Waals surface area (Å²) < 4.78 is 0. The second-order valence-electron chi connectivity index (χ2n) is 4.22. The quantitative estimate of drug-likeness (QED) is 0.661. The summed E-state index contributed by atoms with van der Waals surface area (Å²) in [4.78, 5) is 22.9. The number of amides is 3. The number of imide groups is 1. The van der Waals surface area contributed by atoms with Gasteiger partial charge in [-0.15, -0.1) is 0 Å². The third kappa shape index (κ3) is 1.16. The Morgan fingerprint density at radius 2 is 2.06 bits per heavy atom. The summed E-state index contributed by atoms with van der Waals surface area (Å²) in [5, 5.41) is 5.62. The summed E-state index contributed by atoms with van der Waals surface area (Å²) >= 11 is 6.07. The lowest BCUT2D eigenvalue weighted by atomic mass is 9.96. The van der Waals surface area contributed by atoms with Gasteiger partial charge in [0, 0.05) is 17.9 Å². The van der Waals surface area contributed by atoms with Gasteiger partial charge in [0.05, 0.1) is 0 Å². The van der Waals surface area contributed by atoms with Crippen molar-refractivity contribution >= 4 is 23.5 Å². The summed E-state index contributed by atoms with van der Waals surface area (Å²) in [6.07, 6.45) is 0.986. The first-order valence-electron chi connectivity index (χ1n) is 5.01. The van der Waals surface area contributed by atoms with E-state index in [1.807, 2.05) is 12.1 Å². The van der Waals surface area contributed by atoms with Gasteiger partial charge >= 0.3 is 6.03 Å². The van der Waals surface area contributed by atoms with Crippen molar-refractivity contribution in [1.82, 2.24) is 10.6 Å². The van der Waals surface area contributed by atoms with E-state index < -0.39 is 11.6 Å². The molecule has 3 amide bonds. The highest BCUT2D eigenvalue weighted by Crippen LogP contribution is 2.36. The molecule has 0 saturated carbocycles. The molecule has 1 aliphatic carbocycles. The van der Waals surface area contributed by atoms with E-state index in [9.17, 15) is 9.59 Å². The Kier molecular flexibility index (Phi) is 1.80. The van der Waals surface area contributed by atoms with Crippen molar-refractivity contribution in [2.45, 2.75) is 18.4 Å². The fourth-order valence-corrected chi connectivity index (χ4v) is 2.69. The Morgan fingerprint density at radius 3 is 2.69 bits per heavy atom. The zero-order valence-electron chi connectivity index (χ0n) is 8.34. The standard InChI is InChI=1S/C11H9ClN2O2/c12-8-3-1-2-6-4-11(5-7(6)8)9(15)13-10(16)14-11/h1-3H,4-5H2,(H2,13,14,15,16). The normalized spacial score (nSPS) is 26.8. The van der Waals surface area contributed by atoms with Crippen LogP contribution >= 0.6 is 11.6 Å². The number of nitrogens with one attached hydrogen (secondary N) is 2. The highest BCUT2D eigenvalue weighted by atomic mass is 35.5. The van der Waals surface area contributed by atoms with Crippen molar-refractivity contribution < 1.29 is 9.59 Å². The molecule has 1 aromatic rings. The van der Waals surface area contributed by atoms with Crippen LogP contribution in [0, 0.1) is 0 Å². The lowest BCUT2D eigenvalue weighted by Gasteiger charge is -2.18. The van der Waals surface area contributed by atoms with Crippen LogP contribution in [0.4, 0.5) is 4.79 Å². The average molecular weight is 237 g/mol. The highest BCUT2D eigenvalue weighted by Gasteiger charge is 2.50. The molecule has 2 N–H and O–H groups in total. The zero-order chi connectivity index (χ0) is 11.3. The van der Waals surface area contributed by atoms with E-state index in [4.69, 9.17) is 11.6 Å². The Balaban J connectivity index is 2.05. The highest BCUT2D eigenvalue weighted by molar-refractivity contribution is 6.31. The number of rotatable bonds is 0. The van der Waals surface area contributed by atoms with Crippen LogP contribution in [0.1, 0.15) is 11.1 Å². The molecule has 0 bridgehead atoms. The lowest BCUT2D eigenvalue weighted by Crippen LogP contribution is -2.47. The maximum absolute atomic E-state index is 11.8. The van der Waals surface area contributed by atoms with Gasteiger partial charge in [0.15, 0.2) is 0 Å². The van der Waals surface area contributed by atoms with Gasteiger partial charge in [-0.3, -0.25) is 10.1 Å². The molecule has 82 valence electrons. The predicted molar refractivity (Wildman–Crippen MR) is 58.3 cm³/mol. The van der Waals surface area contributed by atoms with Gasteiger partial charge in [0.1, 0.15) is 5.54 Å². The maximum Gasteiger partial charge on any atom is 0.322 e. The number of carbonyl (C=O) groups is 2. The van der Waals surface area contributed by atoms with Crippen LogP contribution in [-0.2, 0) is 17.6 Å². The van der Waals surface area contributed by atoms with Gasteiger partial charge in [0.2, 0.25) is 0 Å². The van der Waals surface area contributed by atoms with Crippen LogP contribution in [-0.4, -0.2) is 17.5 Å². The van der Waals surface area contributed by atoms with Crippen LogP contribution in [0.2, 0.25) is 5.02 Å². The van der Waals surface area contributed by atoms with Crippen LogP contribution in [0.3, 0.4) is 0 Å². The maximum atomic E-state index is 11.8. The molecule has 0 radical (unpaired) electrons. The Bertz CT molecular complexity index is 515. The molecule has 1 fully saturated rings. The Labute approximate surface area is 97.0 Å². The van der Waals surface area contributed by atoms with Crippen molar-refractivity contribution in [2.24, 2.45) is 0 Å². The van der Waals surface area contributed by atoms with Gasteiger partial charge in [-0.25, -0.2) is 4.79 Å². The molecule has 1 unspecified atom stereocenters. The Hall–Kier alpha value is -1.55. The van der Waals surface area contributed by atoms with Crippen molar-refractivity contribution in [1.29, 1.82) is 0 Å². The number of fused-ring (bicyclic) bond motifs is 1. The van der Waals surface area contributed by atoms with Crippen LogP contribution in [0.15, 0.2) is 18.2 Å². The fraction of sp³-hybridized carbons (Fsp3) is 0.273. The molecule has 0 aromatic heterocycles. The number of hydrogen-bond donors (Lipinski definition) is 2. The van der Waals surface area contributed by atoms with Gasteiger partial charge in [-0.05, 0) is 17.2 Å². The predicted octanol–water partition coefficient (Wildman–Crippen LogP) is 1.02. The molecule has 1 aromatic carbocycles. The lowest BCUT2D eigenvalue weighted by molar-refractivity contribution is -0.123. The number of urea groups is 1. The fourth-order valence-electron chi connectivity index (χ4n) is 2.43. The van der Waals surface area contributed by atoms with Gasteiger partial charge in [-0.2, -0.15) is 0 Å². The molecule has 5 heteroatoms. The second kappa shape index (κ2) is 2.98. The van der Waals surface area contributed by atoms with Crippen LogP contribution in [0.5, 0.6) is 0 Å². The van der Waals surface area contributed by atoms with E-state index in [1.165, 1.54) is 0 Å². The van der Waals surface area contributed by atoms with E-state index in [0.29, 0.717) is 17.9 Å². The topological polar surface area (TPSA) is 58.2 Å². The second-order valence-corrected chi connectivity index (χ2v) is 4.63. The number of hydrogen-bond acceptors (Lipinski definition) is 2. The number of halogens is 1. The largest absolute Gasteiger partial charge is 0.323 e. The summed E-state index contributed by atoms with van der Waals surface area (Å²) in [5.74, 6) is -0.259. The van der Waals surface area contributed by atoms with Gasteiger partial charge in [0.25, 0.3) is 5.91 Å². The molecule has 1 saturated heterocycles. The Morgan fingerprint density at radius 1 is 1.25 bits per heavy atom. The summed E-state index contributed by atoms with van der Waals surface area (Å²) in [6.45, 7) is 0. The van der Waals surface area contributed by atoms with Gasteiger partial charge in [-0.1, -0.05) is 23.7 Å². The number of carbonyl (C=O) groups excluding carboxylic acids is 2. The number of benzene rings is 1. The minimum absolute atomic E-state index is 0.259. The molecule has 1 aliphatic heterocycles. The average Bonchev–Trinajstić information content (AvgIpc) is 2.70. The first kappa shape index (κ1) is 9.66. The van der Waals surface area contributed by atoms with E-state index in [2.05, 4.69) is 10.6 Å². The van der Waals surface area contributed by atoms with Crippen molar-refractivity contribution in [3.05, 3.63) is 34.3 Å². The van der Waals surface area contributed by atoms with Crippen molar-refractivity contribution in [3.63, 3.8) is 0 Å². The van der Waals surface area contributed by atoms with Gasteiger partial charge < -0.3 is 5.32 Å². The third-order valence-corrected chi connectivity index (χ3v) is 3.56. The summed E-state index contributed by atoms with van der Waals surface area (Å²) in [7, 11) is 0. The molecular weight excluding hydrogens is 228 g/mol. The van der Waals surface area contributed by atoms with Crippen molar-refractivity contribution in [3.8, 4) is 0 Å². The molecule has 1 heterocycles. The van der Waals surface area contributed by atoms with Crippen LogP contribution in [0.25, 0.3) is 0 Å². The summed E-state index contributed by atoms with van der Waals surface area (Å²) in [5.41, 5.74) is 1.18.